The molecule has 0 aromatic rings. The molecule has 238 valence electrons. The number of phosphoric ester groups is 1. The maximum absolute atomic E-state index is 12.6. The molecule has 0 spiro atoms. The highest BCUT2D eigenvalue weighted by atomic mass is 31.2. The largest absolute Gasteiger partial charge is 0.472 e. The minimum Gasteiger partial charge on any atom is -0.387 e. The van der Waals surface area contributed by atoms with Crippen LogP contribution in [0.3, 0.4) is 0 Å². The van der Waals surface area contributed by atoms with Gasteiger partial charge in [-0.05, 0) is 51.4 Å². The number of quaternary nitrogens is 1. The van der Waals surface area contributed by atoms with Gasteiger partial charge in [-0.3, -0.25) is 13.8 Å². The van der Waals surface area contributed by atoms with Crippen molar-refractivity contribution >= 4 is 13.7 Å². The van der Waals surface area contributed by atoms with E-state index in [-0.39, 0.29) is 19.1 Å². The predicted octanol–water partition coefficient (Wildman–Crippen LogP) is 7.01. The first-order valence-electron chi connectivity index (χ1n) is 15.5. The zero-order valence-electron chi connectivity index (χ0n) is 26.5. The van der Waals surface area contributed by atoms with Gasteiger partial charge in [0.05, 0.1) is 39.9 Å². The number of carbonyl (C=O) groups excluding carboxylic acids is 1. The smallest absolute Gasteiger partial charge is 0.387 e. The highest BCUT2D eigenvalue weighted by Gasteiger charge is 2.27. The third-order valence-electron chi connectivity index (χ3n) is 6.30. The molecule has 3 unspecified atom stereocenters. The summed E-state index contributed by atoms with van der Waals surface area (Å²) in [7, 11) is 1.53. The number of amides is 1. The van der Waals surface area contributed by atoms with Crippen molar-refractivity contribution in [3.63, 3.8) is 0 Å². The lowest BCUT2D eigenvalue weighted by Gasteiger charge is -2.25. The van der Waals surface area contributed by atoms with Gasteiger partial charge in [-0.25, -0.2) is 4.57 Å². The zero-order valence-corrected chi connectivity index (χ0v) is 27.4. The van der Waals surface area contributed by atoms with E-state index in [1.54, 1.807) is 6.08 Å². The van der Waals surface area contributed by atoms with E-state index in [2.05, 4.69) is 55.6 Å². The Morgan fingerprint density at radius 1 is 0.854 bits per heavy atom. The Kier molecular flexibility index (Phi) is 24.1. The molecule has 3 N–H and O–H groups in total. The van der Waals surface area contributed by atoms with Gasteiger partial charge in [-0.2, -0.15) is 0 Å². The van der Waals surface area contributed by atoms with Crippen molar-refractivity contribution in [3.05, 3.63) is 48.6 Å². The molecule has 0 rings (SSSR count). The Labute approximate surface area is 250 Å². The lowest BCUT2D eigenvalue weighted by Crippen LogP contribution is -2.45. The fraction of sp³-hybridized carbons (Fsp3) is 0.719. The number of hydrogen-bond acceptors (Lipinski definition) is 5. The molecule has 0 aliphatic heterocycles. The second-order valence-electron chi connectivity index (χ2n) is 11.4. The van der Waals surface area contributed by atoms with Gasteiger partial charge >= 0.3 is 7.82 Å². The first kappa shape index (κ1) is 39.5. The highest BCUT2D eigenvalue weighted by Crippen LogP contribution is 2.43. The van der Waals surface area contributed by atoms with Crippen molar-refractivity contribution in [2.75, 3.05) is 40.9 Å². The summed E-state index contributed by atoms with van der Waals surface area (Å²) in [5.41, 5.74) is 0. The number of unbranched alkanes of at least 4 members (excludes halogenated alkanes) is 7. The number of carbonyl (C=O) groups is 1. The van der Waals surface area contributed by atoms with Crippen LogP contribution in [0, 0.1) is 0 Å². The van der Waals surface area contributed by atoms with Crippen LogP contribution in [0.4, 0.5) is 0 Å². The average molecular weight is 600 g/mol. The summed E-state index contributed by atoms with van der Waals surface area (Å²) in [5, 5.41) is 13.5. The molecule has 1 amide bonds. The summed E-state index contributed by atoms with van der Waals surface area (Å²) >= 11 is 0. The fourth-order valence-electron chi connectivity index (χ4n) is 3.76. The summed E-state index contributed by atoms with van der Waals surface area (Å²) in [6.45, 7) is 4.53. The van der Waals surface area contributed by atoms with E-state index >= 15 is 0 Å². The number of likely N-dealkylation sites (N-methyl/N-ethyl adjacent to an activating group) is 1. The summed E-state index contributed by atoms with van der Waals surface area (Å²) in [6, 6.07) is -0.856. The van der Waals surface area contributed by atoms with E-state index in [0.29, 0.717) is 17.4 Å². The van der Waals surface area contributed by atoms with Crippen LogP contribution in [0.1, 0.15) is 97.3 Å². The molecule has 0 aliphatic carbocycles. The molecule has 9 heteroatoms. The first-order chi connectivity index (χ1) is 19.5. The molecule has 0 aromatic heterocycles. The fourth-order valence-corrected chi connectivity index (χ4v) is 4.49. The standard InChI is InChI=1S/C32H59N2O6P/c1-6-8-10-12-14-15-16-17-18-19-20-22-24-26-32(36)33-30(31(35)25-23-21-13-11-9-7-2)29-40-41(37,38)39-28-27-34(3,4)5/h8,10,14-15,17-18,23,25,30-31,35H,6-7,9,11-13,16,19-22,24,26-29H2,1-5H3,(H-,33,36,37,38)/p+1/b10-8-,15-14-,18-17-,25-23+. The molecule has 0 saturated carbocycles. The number of hydrogen-bond donors (Lipinski definition) is 3. The maximum atomic E-state index is 12.6. The van der Waals surface area contributed by atoms with Crippen LogP contribution in [-0.4, -0.2) is 73.4 Å². The molecule has 41 heavy (non-hydrogen) atoms. The number of rotatable bonds is 26. The summed E-state index contributed by atoms with van der Waals surface area (Å²) in [4.78, 5) is 22.7. The van der Waals surface area contributed by atoms with Crippen molar-refractivity contribution in [1.82, 2.24) is 5.32 Å². The molecule has 0 aromatic carbocycles. The van der Waals surface area contributed by atoms with E-state index in [1.165, 1.54) is 6.42 Å². The molecule has 8 nitrogen and oxygen atoms in total. The molecule has 0 heterocycles. The Hall–Kier alpha value is -1.54. The Balaban J connectivity index is 4.63. The first-order valence-corrected chi connectivity index (χ1v) is 17.0. The van der Waals surface area contributed by atoms with E-state index < -0.39 is 20.0 Å². The van der Waals surface area contributed by atoms with Crippen LogP contribution in [-0.2, 0) is 18.4 Å². The third-order valence-corrected chi connectivity index (χ3v) is 7.29. The summed E-state index contributed by atoms with van der Waals surface area (Å²) < 4.78 is 23.2. The minimum atomic E-state index is -4.32. The maximum Gasteiger partial charge on any atom is 0.472 e. The van der Waals surface area contributed by atoms with Crippen molar-refractivity contribution in [3.8, 4) is 0 Å². The monoisotopic (exact) mass is 599 g/mol. The van der Waals surface area contributed by atoms with Gasteiger partial charge in [-0.1, -0.05) is 88.1 Å². The second kappa shape index (κ2) is 25.0. The zero-order chi connectivity index (χ0) is 30.8. The van der Waals surface area contributed by atoms with Gasteiger partial charge in [0.1, 0.15) is 13.2 Å². The molecule has 3 atom stereocenters. The number of allylic oxidation sites excluding steroid dienone is 7. The van der Waals surface area contributed by atoms with Crippen LogP contribution in [0.25, 0.3) is 0 Å². The molecule has 0 bridgehead atoms. The lowest BCUT2D eigenvalue weighted by molar-refractivity contribution is -0.870. The predicted molar refractivity (Wildman–Crippen MR) is 170 cm³/mol. The number of nitrogens with one attached hydrogen (secondary N) is 1. The van der Waals surface area contributed by atoms with Crippen LogP contribution >= 0.6 is 7.82 Å². The molecule has 0 aliphatic rings. The lowest BCUT2D eigenvalue weighted by atomic mass is 10.1. The average Bonchev–Trinajstić information content (AvgIpc) is 2.90. The minimum absolute atomic E-state index is 0.0526. The highest BCUT2D eigenvalue weighted by molar-refractivity contribution is 7.47. The Bertz CT molecular complexity index is 819. The molecule has 0 radical (unpaired) electrons. The van der Waals surface area contributed by atoms with Crippen LogP contribution in [0.15, 0.2) is 48.6 Å². The van der Waals surface area contributed by atoms with Gasteiger partial charge in [0.25, 0.3) is 0 Å². The second-order valence-corrected chi connectivity index (χ2v) is 12.9. The van der Waals surface area contributed by atoms with Gasteiger partial charge in [0.15, 0.2) is 0 Å². The van der Waals surface area contributed by atoms with Gasteiger partial charge in [0, 0.05) is 6.42 Å². The normalized spacial score (nSPS) is 15.8. The Morgan fingerprint density at radius 2 is 1.46 bits per heavy atom. The Morgan fingerprint density at radius 3 is 2.10 bits per heavy atom. The molecule has 0 fully saturated rings. The summed E-state index contributed by atoms with van der Waals surface area (Å²) in [6.07, 6.45) is 27.7. The van der Waals surface area contributed by atoms with Gasteiger partial charge in [0.2, 0.25) is 5.91 Å². The number of phosphoric acid groups is 1. The number of nitrogens with zero attached hydrogens (tertiary/aromatic N) is 1. The van der Waals surface area contributed by atoms with E-state index in [9.17, 15) is 19.4 Å². The van der Waals surface area contributed by atoms with Crippen LogP contribution in [0.2, 0.25) is 0 Å². The van der Waals surface area contributed by atoms with Crippen molar-refractivity contribution in [2.24, 2.45) is 0 Å². The van der Waals surface area contributed by atoms with Gasteiger partial charge in [-0.15, -0.1) is 0 Å². The van der Waals surface area contributed by atoms with Crippen LogP contribution < -0.4 is 5.32 Å². The summed E-state index contributed by atoms with van der Waals surface area (Å²) in [5.74, 6) is -0.217. The van der Waals surface area contributed by atoms with E-state index in [0.717, 1.165) is 70.6 Å². The van der Waals surface area contributed by atoms with Crippen LogP contribution in [0.5, 0.6) is 0 Å². The topological polar surface area (TPSA) is 105 Å². The van der Waals surface area contributed by atoms with E-state index in [1.807, 2.05) is 27.2 Å². The molecular formula is C32H60N2O6P+. The quantitative estimate of drug-likeness (QED) is 0.0428. The molecular weight excluding hydrogens is 539 g/mol. The van der Waals surface area contributed by atoms with E-state index in [4.69, 9.17) is 9.05 Å². The number of aliphatic hydroxyl groups excluding tert-OH is 1. The molecule has 0 saturated heterocycles. The van der Waals surface area contributed by atoms with Crippen molar-refractivity contribution in [1.29, 1.82) is 0 Å². The van der Waals surface area contributed by atoms with Crippen molar-refractivity contribution in [2.45, 2.75) is 109 Å². The van der Waals surface area contributed by atoms with Crippen molar-refractivity contribution < 1.29 is 32.9 Å². The van der Waals surface area contributed by atoms with Gasteiger partial charge < -0.3 is 19.8 Å². The SMILES string of the molecule is CC/C=C\C/C=C\C/C=C\CCCCCC(=O)NC(COP(=O)(O)OCC[N+](C)(C)C)C(O)/C=C/CCCCCC. The number of aliphatic hydroxyl groups is 1. The third kappa shape index (κ3) is 27.1.